The number of amides is 1. The summed E-state index contributed by atoms with van der Waals surface area (Å²) in [6.45, 7) is 0.965. The fourth-order valence-corrected chi connectivity index (χ4v) is 1.26. The van der Waals surface area contributed by atoms with E-state index in [9.17, 15) is 18.0 Å². The Balaban J connectivity index is 2.54. The van der Waals surface area contributed by atoms with Gasteiger partial charge in [-0.2, -0.15) is 13.2 Å². The fraction of sp³-hybridized carbons (Fsp3) is 0.455. The third kappa shape index (κ3) is 4.33. The van der Waals surface area contributed by atoms with Crippen LogP contribution < -0.4 is 11.1 Å². The molecule has 0 fully saturated rings. The number of unbranched alkanes of at least 4 members (excludes halogenated alkanes) is 1. The molecule has 4 nitrogen and oxygen atoms in total. The fourth-order valence-electron chi connectivity index (χ4n) is 1.26. The van der Waals surface area contributed by atoms with E-state index in [4.69, 9.17) is 5.73 Å². The van der Waals surface area contributed by atoms with Gasteiger partial charge in [0.05, 0.1) is 5.56 Å². The second-order valence-corrected chi connectivity index (χ2v) is 3.68. The lowest BCUT2D eigenvalue weighted by Gasteiger charge is -2.07. The highest BCUT2D eigenvalue weighted by molar-refractivity contribution is 5.92. The summed E-state index contributed by atoms with van der Waals surface area (Å²) in [6.07, 6.45) is -2.29. The molecular formula is C11H14F3N3O. The van der Waals surface area contributed by atoms with Gasteiger partial charge in [-0.05, 0) is 31.5 Å². The summed E-state index contributed by atoms with van der Waals surface area (Å²) in [5.74, 6) is -0.485. The van der Waals surface area contributed by atoms with Crippen molar-refractivity contribution in [1.82, 2.24) is 10.3 Å². The Morgan fingerprint density at radius 2 is 2.06 bits per heavy atom. The van der Waals surface area contributed by atoms with Crippen LogP contribution in [0.2, 0.25) is 0 Å². The summed E-state index contributed by atoms with van der Waals surface area (Å²) in [6, 6.07) is 1.89. The highest BCUT2D eigenvalue weighted by Crippen LogP contribution is 2.28. The maximum Gasteiger partial charge on any atom is 0.417 e. The van der Waals surface area contributed by atoms with Crippen molar-refractivity contribution >= 4 is 5.91 Å². The van der Waals surface area contributed by atoms with Gasteiger partial charge in [-0.25, -0.2) is 0 Å². The maximum absolute atomic E-state index is 12.3. The largest absolute Gasteiger partial charge is 0.417 e. The molecule has 7 heteroatoms. The van der Waals surface area contributed by atoms with Crippen molar-refractivity contribution < 1.29 is 18.0 Å². The van der Waals surface area contributed by atoms with Crippen LogP contribution in [0.1, 0.15) is 28.9 Å². The molecule has 0 aliphatic carbocycles. The number of carbonyl (C=O) groups is 1. The SMILES string of the molecule is NCCCCNC(=O)c1ccc(C(F)(F)F)cn1. The number of halogens is 3. The smallest absolute Gasteiger partial charge is 0.351 e. The maximum atomic E-state index is 12.3. The molecule has 1 aromatic rings. The van der Waals surface area contributed by atoms with Crippen molar-refractivity contribution in [2.24, 2.45) is 5.73 Å². The first-order valence-electron chi connectivity index (χ1n) is 5.46. The molecule has 18 heavy (non-hydrogen) atoms. The highest BCUT2D eigenvalue weighted by atomic mass is 19.4. The molecule has 0 saturated heterocycles. The number of carbonyl (C=O) groups excluding carboxylic acids is 1. The van der Waals surface area contributed by atoms with Crippen LogP contribution in [-0.2, 0) is 6.18 Å². The number of nitrogens with zero attached hydrogens (tertiary/aromatic N) is 1. The van der Waals surface area contributed by atoms with E-state index in [-0.39, 0.29) is 5.69 Å². The van der Waals surface area contributed by atoms with Crippen LogP contribution in [0.15, 0.2) is 18.3 Å². The van der Waals surface area contributed by atoms with Gasteiger partial charge in [0, 0.05) is 12.7 Å². The van der Waals surface area contributed by atoms with Crippen LogP contribution >= 0.6 is 0 Å². The number of hydrogen-bond acceptors (Lipinski definition) is 3. The van der Waals surface area contributed by atoms with Gasteiger partial charge in [0.1, 0.15) is 5.69 Å². The number of pyridine rings is 1. The van der Waals surface area contributed by atoms with Crippen molar-refractivity contribution in [2.75, 3.05) is 13.1 Å². The Labute approximate surface area is 102 Å². The van der Waals surface area contributed by atoms with Gasteiger partial charge in [-0.15, -0.1) is 0 Å². The molecule has 0 unspecified atom stereocenters. The minimum Gasteiger partial charge on any atom is -0.351 e. The Morgan fingerprint density at radius 1 is 1.33 bits per heavy atom. The normalized spacial score (nSPS) is 11.3. The topological polar surface area (TPSA) is 68.0 Å². The lowest BCUT2D eigenvalue weighted by atomic mass is 10.2. The number of aromatic nitrogens is 1. The lowest BCUT2D eigenvalue weighted by molar-refractivity contribution is -0.137. The predicted octanol–water partition coefficient (Wildman–Crippen LogP) is 1.57. The molecule has 0 saturated carbocycles. The van der Waals surface area contributed by atoms with E-state index in [1.807, 2.05) is 0 Å². The van der Waals surface area contributed by atoms with E-state index in [0.29, 0.717) is 19.3 Å². The van der Waals surface area contributed by atoms with Gasteiger partial charge in [0.15, 0.2) is 0 Å². The molecule has 100 valence electrons. The molecule has 0 bridgehead atoms. The van der Waals surface area contributed by atoms with Gasteiger partial charge in [0.2, 0.25) is 0 Å². The summed E-state index contributed by atoms with van der Waals surface area (Å²) >= 11 is 0. The minimum atomic E-state index is -4.44. The average molecular weight is 261 g/mol. The van der Waals surface area contributed by atoms with Crippen molar-refractivity contribution in [3.8, 4) is 0 Å². The van der Waals surface area contributed by atoms with E-state index >= 15 is 0 Å². The Morgan fingerprint density at radius 3 is 2.56 bits per heavy atom. The lowest BCUT2D eigenvalue weighted by Crippen LogP contribution is -2.25. The predicted molar refractivity (Wildman–Crippen MR) is 59.9 cm³/mol. The van der Waals surface area contributed by atoms with Crippen LogP contribution in [0, 0.1) is 0 Å². The van der Waals surface area contributed by atoms with E-state index in [2.05, 4.69) is 10.3 Å². The third-order valence-electron chi connectivity index (χ3n) is 2.24. The zero-order valence-electron chi connectivity index (χ0n) is 9.63. The Kier molecular flexibility index (Phi) is 5.08. The van der Waals surface area contributed by atoms with Gasteiger partial charge in [0.25, 0.3) is 5.91 Å². The minimum absolute atomic E-state index is 0.0317. The molecule has 1 rings (SSSR count). The number of nitrogens with two attached hydrogens (primary N) is 1. The summed E-state index contributed by atoms with van der Waals surface area (Å²) in [5, 5.41) is 2.55. The second-order valence-electron chi connectivity index (χ2n) is 3.68. The molecule has 1 heterocycles. The molecule has 1 aromatic heterocycles. The zero-order valence-corrected chi connectivity index (χ0v) is 9.63. The van der Waals surface area contributed by atoms with Gasteiger partial charge in [-0.3, -0.25) is 9.78 Å². The van der Waals surface area contributed by atoms with Crippen LogP contribution in [-0.4, -0.2) is 24.0 Å². The average Bonchev–Trinajstić information content (AvgIpc) is 2.33. The van der Waals surface area contributed by atoms with Crippen molar-refractivity contribution in [3.05, 3.63) is 29.6 Å². The monoisotopic (exact) mass is 261 g/mol. The number of hydrogen-bond donors (Lipinski definition) is 2. The number of alkyl halides is 3. The molecule has 0 spiro atoms. The van der Waals surface area contributed by atoms with Gasteiger partial charge < -0.3 is 11.1 Å². The van der Waals surface area contributed by atoms with Crippen LogP contribution in [0.4, 0.5) is 13.2 Å². The molecular weight excluding hydrogens is 247 g/mol. The van der Waals surface area contributed by atoms with E-state index in [1.165, 1.54) is 0 Å². The summed E-state index contributed by atoms with van der Waals surface area (Å²) < 4.78 is 36.8. The second kappa shape index (κ2) is 6.34. The molecule has 0 aliphatic rings. The first-order chi connectivity index (χ1) is 8.45. The molecule has 0 atom stereocenters. The van der Waals surface area contributed by atoms with Crippen LogP contribution in [0.3, 0.4) is 0 Å². The van der Waals surface area contributed by atoms with Crippen LogP contribution in [0.5, 0.6) is 0 Å². The van der Waals surface area contributed by atoms with Gasteiger partial charge in [-0.1, -0.05) is 0 Å². The summed E-state index contributed by atoms with van der Waals surface area (Å²) in [5.41, 5.74) is 4.38. The Bertz CT molecular complexity index is 390. The standard InChI is InChI=1S/C11H14F3N3O/c12-11(13,14)8-3-4-9(17-7-8)10(18)16-6-2-1-5-15/h3-4,7H,1-2,5-6,15H2,(H,16,18). The molecule has 1 amide bonds. The zero-order chi connectivity index (χ0) is 13.6. The summed E-state index contributed by atoms with van der Waals surface area (Å²) in [7, 11) is 0. The molecule has 0 radical (unpaired) electrons. The van der Waals surface area contributed by atoms with E-state index in [1.54, 1.807) is 0 Å². The van der Waals surface area contributed by atoms with E-state index < -0.39 is 17.6 Å². The Hall–Kier alpha value is -1.63. The molecule has 0 aromatic carbocycles. The highest BCUT2D eigenvalue weighted by Gasteiger charge is 2.30. The van der Waals surface area contributed by atoms with Crippen LogP contribution in [0.25, 0.3) is 0 Å². The quantitative estimate of drug-likeness (QED) is 0.790. The van der Waals surface area contributed by atoms with Crippen molar-refractivity contribution in [1.29, 1.82) is 0 Å². The van der Waals surface area contributed by atoms with Crippen molar-refractivity contribution in [2.45, 2.75) is 19.0 Å². The first-order valence-corrected chi connectivity index (χ1v) is 5.46. The molecule has 3 N–H and O–H groups in total. The van der Waals surface area contributed by atoms with Crippen molar-refractivity contribution in [3.63, 3.8) is 0 Å². The first kappa shape index (κ1) is 14.4. The van der Waals surface area contributed by atoms with Gasteiger partial charge >= 0.3 is 6.18 Å². The molecule has 0 aliphatic heterocycles. The number of rotatable bonds is 5. The number of nitrogens with one attached hydrogen (secondary N) is 1. The summed E-state index contributed by atoms with van der Waals surface area (Å²) in [4.78, 5) is 15.0. The van der Waals surface area contributed by atoms with E-state index in [0.717, 1.165) is 25.0 Å². The third-order valence-corrected chi connectivity index (χ3v) is 2.24.